The van der Waals surface area contributed by atoms with Crippen LogP contribution in [0.5, 0.6) is 0 Å². The number of hydrogen-bond donors (Lipinski definition) is 6. The number of rotatable bonds is 27. The first-order chi connectivity index (χ1) is 28.6. The number of nitro benzene ring substituents is 1. The Bertz CT molecular complexity index is 1630. The van der Waals surface area contributed by atoms with Gasteiger partial charge in [-0.3, -0.25) is 54.5 Å². The van der Waals surface area contributed by atoms with Crippen LogP contribution in [-0.4, -0.2) is 110 Å². The number of carbonyl (C=O) groups excluding carboxylic acids is 6. The molecule has 4 saturated carbocycles. The Hall–Kier alpha value is -4.68. The van der Waals surface area contributed by atoms with Gasteiger partial charge in [0.05, 0.1) is 10.3 Å². The monoisotopic (exact) mass is 843 g/mol. The molecule has 4 fully saturated rings. The van der Waals surface area contributed by atoms with Gasteiger partial charge in [0.15, 0.2) is 0 Å². The second-order valence-corrected chi connectivity index (χ2v) is 17.1. The summed E-state index contributed by atoms with van der Waals surface area (Å²) in [4.78, 5) is 84.2. The molecule has 0 saturated heterocycles. The number of benzene rings is 1. The zero-order chi connectivity index (χ0) is 43.7. The van der Waals surface area contributed by atoms with E-state index in [1.165, 1.54) is 6.92 Å². The van der Waals surface area contributed by atoms with Crippen LogP contribution in [0.15, 0.2) is 24.3 Å². The van der Waals surface area contributed by atoms with Crippen LogP contribution in [0.1, 0.15) is 134 Å². The molecule has 0 radical (unpaired) electrons. The number of non-ortho nitro benzene ring substituents is 1. The summed E-state index contributed by atoms with van der Waals surface area (Å²) in [7, 11) is 0. The van der Waals surface area contributed by atoms with Crippen molar-refractivity contribution in [3.63, 3.8) is 0 Å². The summed E-state index contributed by atoms with van der Waals surface area (Å²) >= 11 is 0. The van der Waals surface area contributed by atoms with Crippen LogP contribution in [0.3, 0.4) is 0 Å². The number of nitro groups is 1. The molecule has 2 atom stereocenters. The Balaban J connectivity index is 0.981. The third kappa shape index (κ3) is 14.5. The van der Waals surface area contributed by atoms with Gasteiger partial charge in [-0.25, -0.2) is 15.2 Å². The summed E-state index contributed by atoms with van der Waals surface area (Å²) in [6, 6.07) is 6.90. The molecule has 5 rings (SSSR count). The average molecular weight is 844 g/mol. The van der Waals surface area contributed by atoms with Crippen LogP contribution in [0, 0.1) is 27.4 Å². The summed E-state index contributed by atoms with van der Waals surface area (Å²) in [5, 5.41) is 51.2. The number of hydroxylamine groups is 6. The lowest BCUT2D eigenvalue weighted by atomic mass is 9.42. The van der Waals surface area contributed by atoms with E-state index < -0.39 is 23.1 Å². The van der Waals surface area contributed by atoms with E-state index in [0.29, 0.717) is 104 Å². The van der Waals surface area contributed by atoms with Crippen LogP contribution < -0.4 is 16.0 Å². The minimum atomic E-state index is -0.567. The summed E-state index contributed by atoms with van der Waals surface area (Å²) in [6.07, 6.45) is 10.8. The second kappa shape index (κ2) is 23.4. The van der Waals surface area contributed by atoms with Crippen LogP contribution in [0.25, 0.3) is 0 Å². The number of nitrogens with one attached hydrogen (secondary N) is 3. The van der Waals surface area contributed by atoms with Gasteiger partial charge in [-0.1, -0.05) is 12.1 Å². The standard InChI is InChI=1S/C42H65N7O11/c1-31(50)46(56)22-8-2-5-19-43-36(51)15-17-38(53)47(57)23-9-3-6-20-44-37(52)16-18-39(54)48(58)24-10-4-7-21-45-40(55)42-28-32-25-33(29-42)27-41(26-32,30-42)34-11-13-35(14-12-34)49(59)60/h11-14,32-33,56-58H,2-10,15-30H2,1H3,(H,43,51)(H,44,52)(H,45,55). The molecule has 334 valence electrons. The van der Waals surface area contributed by atoms with Crippen LogP contribution in [-0.2, 0) is 34.2 Å². The Morgan fingerprint density at radius 2 is 1.10 bits per heavy atom. The van der Waals surface area contributed by atoms with Crippen molar-refractivity contribution in [2.24, 2.45) is 17.3 Å². The van der Waals surface area contributed by atoms with Crippen LogP contribution in [0.2, 0.25) is 0 Å². The van der Waals surface area contributed by atoms with Gasteiger partial charge in [-0.05, 0) is 119 Å². The highest BCUT2D eigenvalue weighted by Gasteiger charge is 2.60. The van der Waals surface area contributed by atoms with E-state index in [1.54, 1.807) is 12.1 Å². The normalized spacial score (nSPS) is 21.2. The maximum atomic E-state index is 13.7. The fourth-order valence-corrected chi connectivity index (χ4v) is 9.62. The minimum Gasteiger partial charge on any atom is -0.356 e. The summed E-state index contributed by atoms with van der Waals surface area (Å²) in [5.41, 5.74) is 0.626. The van der Waals surface area contributed by atoms with Gasteiger partial charge in [-0.15, -0.1) is 0 Å². The molecule has 0 aliphatic heterocycles. The van der Waals surface area contributed by atoms with Gasteiger partial charge in [0.25, 0.3) is 5.69 Å². The zero-order valence-electron chi connectivity index (χ0n) is 35.0. The van der Waals surface area contributed by atoms with Crippen molar-refractivity contribution in [3.8, 4) is 0 Å². The molecule has 18 nitrogen and oxygen atoms in total. The van der Waals surface area contributed by atoms with Crippen LogP contribution >= 0.6 is 0 Å². The van der Waals surface area contributed by atoms with E-state index in [9.17, 15) is 54.5 Å². The predicted molar refractivity (Wildman–Crippen MR) is 217 cm³/mol. The smallest absolute Gasteiger partial charge is 0.269 e. The van der Waals surface area contributed by atoms with Crippen LogP contribution in [0.4, 0.5) is 5.69 Å². The Morgan fingerprint density at radius 1 is 0.650 bits per heavy atom. The van der Waals surface area contributed by atoms with Gasteiger partial charge in [-0.2, -0.15) is 0 Å². The van der Waals surface area contributed by atoms with Crippen molar-refractivity contribution in [2.75, 3.05) is 39.3 Å². The molecule has 6 amide bonds. The molecule has 1 aromatic rings. The van der Waals surface area contributed by atoms with Gasteiger partial charge >= 0.3 is 0 Å². The lowest BCUT2D eigenvalue weighted by Crippen LogP contribution is -2.59. The topological polar surface area (TPSA) is 252 Å². The maximum Gasteiger partial charge on any atom is 0.269 e. The van der Waals surface area contributed by atoms with E-state index in [0.717, 1.165) is 44.1 Å². The fraction of sp³-hybridized carbons (Fsp3) is 0.714. The highest BCUT2D eigenvalue weighted by molar-refractivity contribution is 5.84. The van der Waals surface area contributed by atoms with Gasteiger partial charge in [0.1, 0.15) is 0 Å². The van der Waals surface area contributed by atoms with Crippen molar-refractivity contribution in [1.29, 1.82) is 0 Å². The molecule has 1 aromatic carbocycles. The summed E-state index contributed by atoms with van der Waals surface area (Å²) < 4.78 is 0. The molecule has 0 aromatic heterocycles. The molecule has 0 heterocycles. The first-order valence-corrected chi connectivity index (χ1v) is 21.7. The lowest BCUT2D eigenvalue weighted by molar-refractivity contribution is -0.384. The number of carbonyl (C=O) groups is 6. The van der Waals surface area contributed by atoms with E-state index in [1.807, 2.05) is 12.1 Å². The Morgan fingerprint density at radius 3 is 1.55 bits per heavy atom. The number of unbranched alkanes of at least 4 members (excludes halogenated alkanes) is 6. The number of nitrogens with zero attached hydrogens (tertiary/aromatic N) is 4. The zero-order valence-corrected chi connectivity index (χ0v) is 35.0. The molecule has 18 heteroatoms. The summed E-state index contributed by atoms with van der Waals surface area (Å²) in [5.74, 6) is -1.15. The molecule has 6 N–H and O–H groups in total. The first-order valence-electron chi connectivity index (χ1n) is 21.7. The highest BCUT2D eigenvalue weighted by Crippen LogP contribution is 2.65. The number of hydrogen-bond acceptors (Lipinski definition) is 11. The average Bonchev–Trinajstić information content (AvgIpc) is 3.21. The molecule has 4 aliphatic carbocycles. The molecule has 0 spiro atoms. The van der Waals surface area contributed by atoms with Crippen molar-refractivity contribution in [2.45, 2.75) is 134 Å². The third-order valence-electron chi connectivity index (χ3n) is 12.4. The maximum absolute atomic E-state index is 13.7. The summed E-state index contributed by atoms with van der Waals surface area (Å²) in [6.45, 7) is 2.95. The molecule has 60 heavy (non-hydrogen) atoms. The predicted octanol–water partition coefficient (Wildman–Crippen LogP) is 4.53. The molecular weight excluding hydrogens is 778 g/mol. The third-order valence-corrected chi connectivity index (χ3v) is 12.4. The first kappa shape index (κ1) is 48.0. The molecule has 4 aliphatic rings. The number of amides is 6. The fourth-order valence-electron chi connectivity index (χ4n) is 9.62. The second-order valence-electron chi connectivity index (χ2n) is 17.1. The Kier molecular flexibility index (Phi) is 18.7. The molecular formula is C42H65N7O11. The Labute approximate surface area is 351 Å². The van der Waals surface area contributed by atoms with Crippen molar-refractivity contribution >= 4 is 41.1 Å². The van der Waals surface area contributed by atoms with E-state index >= 15 is 0 Å². The molecule has 4 bridgehead atoms. The van der Waals surface area contributed by atoms with Crippen molar-refractivity contribution < 1.29 is 49.3 Å². The van der Waals surface area contributed by atoms with Gasteiger partial charge in [0.2, 0.25) is 35.4 Å². The van der Waals surface area contributed by atoms with Crippen molar-refractivity contribution in [1.82, 2.24) is 31.1 Å². The largest absolute Gasteiger partial charge is 0.356 e. The SMILES string of the molecule is CC(=O)N(O)CCCCCNC(=O)CCC(=O)N(O)CCCCCNC(=O)CCC(=O)N(O)CCCCCNC(=O)C12CC3CC(C1)CC(c1ccc([N+](=O)[O-])cc1)(C3)C2. The quantitative estimate of drug-likeness (QED) is 0.0311. The lowest BCUT2D eigenvalue weighted by Gasteiger charge is -2.61. The van der Waals surface area contributed by atoms with Gasteiger partial charge in [0, 0.05) is 84.0 Å². The van der Waals surface area contributed by atoms with E-state index in [-0.39, 0.29) is 79.1 Å². The molecule has 2 unspecified atom stereocenters. The minimum absolute atomic E-state index is 0.0612. The highest BCUT2D eigenvalue weighted by atomic mass is 16.6. The van der Waals surface area contributed by atoms with Gasteiger partial charge < -0.3 is 16.0 Å². The van der Waals surface area contributed by atoms with E-state index in [4.69, 9.17) is 0 Å². The van der Waals surface area contributed by atoms with Crippen molar-refractivity contribution in [3.05, 3.63) is 39.9 Å². The van der Waals surface area contributed by atoms with E-state index in [2.05, 4.69) is 16.0 Å².